The van der Waals surface area contributed by atoms with E-state index in [4.69, 9.17) is 30.6 Å². The SMILES string of the molecule is O=C(O)C=CC(=O)O.O=C(O)CC(=O)O.O=C(O)CCCCC(=O)O. The molecule has 0 aromatic carbocycles. The molecule has 0 amide bonds. The Morgan fingerprint density at radius 3 is 0.920 bits per heavy atom. The van der Waals surface area contributed by atoms with Crippen LogP contribution in [0.4, 0.5) is 0 Å². The van der Waals surface area contributed by atoms with Crippen molar-refractivity contribution in [3.05, 3.63) is 12.2 Å². The Morgan fingerprint density at radius 2 is 0.800 bits per heavy atom. The molecule has 12 nitrogen and oxygen atoms in total. The summed E-state index contributed by atoms with van der Waals surface area (Å²) in [6, 6.07) is 0. The minimum Gasteiger partial charge on any atom is -0.481 e. The summed E-state index contributed by atoms with van der Waals surface area (Å²) in [5, 5.41) is 47.3. The van der Waals surface area contributed by atoms with Crippen LogP contribution < -0.4 is 0 Å². The van der Waals surface area contributed by atoms with Crippen LogP contribution >= 0.6 is 0 Å². The van der Waals surface area contributed by atoms with Gasteiger partial charge < -0.3 is 30.6 Å². The maximum Gasteiger partial charge on any atom is 0.328 e. The lowest BCUT2D eigenvalue weighted by Crippen LogP contribution is -2.03. The molecule has 0 aliphatic carbocycles. The molecule has 0 aromatic rings. The monoisotopic (exact) mass is 366 g/mol. The van der Waals surface area contributed by atoms with Crippen LogP contribution in [0.1, 0.15) is 32.1 Å². The Morgan fingerprint density at radius 1 is 0.520 bits per heavy atom. The topological polar surface area (TPSA) is 224 Å². The van der Waals surface area contributed by atoms with E-state index in [9.17, 15) is 28.8 Å². The molecule has 0 aromatic heterocycles. The first-order valence-electron chi connectivity index (χ1n) is 6.39. The zero-order valence-electron chi connectivity index (χ0n) is 12.8. The summed E-state index contributed by atoms with van der Waals surface area (Å²) < 4.78 is 0. The molecule has 0 saturated carbocycles. The summed E-state index contributed by atoms with van der Waals surface area (Å²) >= 11 is 0. The summed E-state index contributed by atoms with van der Waals surface area (Å²) in [6.45, 7) is 0. The Labute approximate surface area is 140 Å². The van der Waals surface area contributed by atoms with Crippen LogP contribution in [0.2, 0.25) is 0 Å². The molecule has 0 spiro atoms. The molecule has 0 aliphatic heterocycles. The van der Waals surface area contributed by atoms with Gasteiger partial charge in [-0.3, -0.25) is 19.2 Å². The van der Waals surface area contributed by atoms with Crippen molar-refractivity contribution < 1.29 is 59.4 Å². The van der Waals surface area contributed by atoms with Crippen LogP contribution in [0.15, 0.2) is 12.2 Å². The average molecular weight is 366 g/mol. The molecule has 0 heterocycles. The summed E-state index contributed by atoms with van der Waals surface area (Å²) in [6.07, 6.45) is 1.33. The Kier molecular flexibility index (Phi) is 17.9. The van der Waals surface area contributed by atoms with E-state index in [1.54, 1.807) is 0 Å². The van der Waals surface area contributed by atoms with Gasteiger partial charge >= 0.3 is 35.8 Å². The van der Waals surface area contributed by atoms with E-state index in [0.29, 0.717) is 25.0 Å². The number of rotatable bonds is 9. The molecule has 25 heavy (non-hydrogen) atoms. The molecule has 142 valence electrons. The molecular formula is C13H18O12. The number of hydrogen-bond donors (Lipinski definition) is 6. The molecule has 0 bridgehead atoms. The third-order valence-corrected chi connectivity index (χ3v) is 1.70. The van der Waals surface area contributed by atoms with Crippen LogP contribution in [-0.2, 0) is 28.8 Å². The highest BCUT2D eigenvalue weighted by molar-refractivity contribution is 5.89. The zero-order chi connectivity index (χ0) is 20.4. The second-order valence-corrected chi connectivity index (χ2v) is 3.97. The van der Waals surface area contributed by atoms with Crippen LogP contribution in [0.5, 0.6) is 0 Å². The summed E-state index contributed by atoms with van der Waals surface area (Å²) in [5.41, 5.74) is 0. The number of carboxylic acid groups (broad SMARTS) is 6. The maximum absolute atomic E-state index is 9.90. The molecule has 0 unspecified atom stereocenters. The zero-order valence-corrected chi connectivity index (χ0v) is 12.8. The smallest absolute Gasteiger partial charge is 0.328 e. The minimum absolute atomic E-state index is 0.0628. The normalized spacial score (nSPS) is 8.96. The highest BCUT2D eigenvalue weighted by Gasteiger charge is 2.01. The van der Waals surface area contributed by atoms with Crippen molar-refractivity contribution in [3.63, 3.8) is 0 Å². The molecule has 12 heteroatoms. The molecule has 0 saturated heterocycles. The quantitative estimate of drug-likeness (QED) is 0.180. The number of hydrogen-bond acceptors (Lipinski definition) is 6. The van der Waals surface area contributed by atoms with E-state index in [1.807, 2.05) is 0 Å². The molecule has 0 atom stereocenters. The number of carboxylic acids is 6. The van der Waals surface area contributed by atoms with E-state index in [0.717, 1.165) is 0 Å². The van der Waals surface area contributed by atoms with Crippen LogP contribution in [0.3, 0.4) is 0 Å². The summed E-state index contributed by atoms with van der Waals surface area (Å²) in [4.78, 5) is 57.8. The highest BCUT2D eigenvalue weighted by atomic mass is 16.4. The number of aliphatic carboxylic acids is 6. The van der Waals surface area contributed by atoms with Gasteiger partial charge in [-0.15, -0.1) is 0 Å². The minimum atomic E-state index is -1.31. The highest BCUT2D eigenvalue weighted by Crippen LogP contribution is 1.98. The van der Waals surface area contributed by atoms with Gasteiger partial charge in [0.25, 0.3) is 0 Å². The van der Waals surface area contributed by atoms with Crippen molar-refractivity contribution in [2.75, 3.05) is 0 Å². The predicted octanol–water partition coefficient (Wildman–Crippen LogP) is -0.0265. The summed E-state index contributed by atoms with van der Waals surface area (Å²) in [7, 11) is 0. The van der Waals surface area contributed by atoms with Crippen LogP contribution in [-0.4, -0.2) is 66.5 Å². The Bertz CT molecular complexity index is 461. The first kappa shape index (κ1) is 26.5. The van der Waals surface area contributed by atoms with Gasteiger partial charge in [-0.1, -0.05) is 0 Å². The Hall–Kier alpha value is -3.44. The van der Waals surface area contributed by atoms with Gasteiger partial charge in [0.1, 0.15) is 6.42 Å². The largest absolute Gasteiger partial charge is 0.481 e. The first-order valence-corrected chi connectivity index (χ1v) is 6.39. The fourth-order valence-corrected chi connectivity index (χ4v) is 0.824. The van der Waals surface area contributed by atoms with Gasteiger partial charge in [-0.25, -0.2) is 9.59 Å². The van der Waals surface area contributed by atoms with Gasteiger partial charge in [0.05, 0.1) is 0 Å². The first-order chi connectivity index (χ1) is 11.4. The molecule has 0 radical (unpaired) electrons. The van der Waals surface area contributed by atoms with Gasteiger partial charge in [-0.05, 0) is 12.8 Å². The predicted molar refractivity (Wildman–Crippen MR) is 78.0 cm³/mol. The fraction of sp³-hybridized carbons (Fsp3) is 0.385. The van der Waals surface area contributed by atoms with Crippen molar-refractivity contribution in [2.24, 2.45) is 0 Å². The van der Waals surface area contributed by atoms with Gasteiger partial charge in [0, 0.05) is 25.0 Å². The van der Waals surface area contributed by atoms with E-state index in [2.05, 4.69) is 0 Å². The lowest BCUT2D eigenvalue weighted by molar-refractivity contribution is -0.147. The second kappa shape index (κ2) is 16.9. The number of unbranched alkanes of at least 4 members (excludes halogenated alkanes) is 1. The van der Waals surface area contributed by atoms with E-state index in [-0.39, 0.29) is 12.8 Å². The Balaban J connectivity index is -0.000000296. The molecule has 0 aliphatic rings. The second-order valence-electron chi connectivity index (χ2n) is 3.97. The number of carbonyl (C=O) groups is 6. The van der Waals surface area contributed by atoms with Crippen molar-refractivity contribution in [1.82, 2.24) is 0 Å². The van der Waals surface area contributed by atoms with Crippen molar-refractivity contribution in [2.45, 2.75) is 32.1 Å². The van der Waals surface area contributed by atoms with Crippen LogP contribution in [0, 0.1) is 0 Å². The van der Waals surface area contributed by atoms with Gasteiger partial charge in [0.2, 0.25) is 0 Å². The lowest BCUT2D eigenvalue weighted by Gasteiger charge is -1.92. The van der Waals surface area contributed by atoms with Crippen molar-refractivity contribution in [3.8, 4) is 0 Å². The van der Waals surface area contributed by atoms with E-state index in [1.165, 1.54) is 0 Å². The molecule has 0 rings (SSSR count). The average Bonchev–Trinajstić information content (AvgIpc) is 2.41. The molecule has 6 N–H and O–H groups in total. The third-order valence-electron chi connectivity index (χ3n) is 1.70. The standard InChI is InChI=1S/C6H10O4.C4H4O4.C3H4O4/c7-5(8)3-1-2-4-6(9)10;5-3(6)1-2-4(7)8;4-2(5)1-3(6)7/h1-4H2,(H,7,8)(H,9,10);1-2H,(H,5,6)(H,7,8);1H2,(H,4,5)(H,6,7). The maximum atomic E-state index is 9.90. The van der Waals surface area contributed by atoms with Crippen molar-refractivity contribution >= 4 is 35.8 Å². The third kappa shape index (κ3) is 44.9. The molecular weight excluding hydrogens is 348 g/mol. The van der Waals surface area contributed by atoms with E-state index >= 15 is 0 Å². The fourth-order valence-electron chi connectivity index (χ4n) is 0.824. The van der Waals surface area contributed by atoms with Crippen molar-refractivity contribution in [1.29, 1.82) is 0 Å². The lowest BCUT2D eigenvalue weighted by atomic mass is 10.2. The van der Waals surface area contributed by atoms with E-state index < -0.39 is 42.2 Å². The van der Waals surface area contributed by atoms with Gasteiger partial charge in [-0.2, -0.15) is 0 Å². The summed E-state index contributed by atoms with van der Waals surface area (Å²) in [5.74, 6) is -6.88. The van der Waals surface area contributed by atoms with Crippen LogP contribution in [0.25, 0.3) is 0 Å². The van der Waals surface area contributed by atoms with Gasteiger partial charge in [0.15, 0.2) is 0 Å². The molecule has 0 fully saturated rings.